The van der Waals surface area contributed by atoms with E-state index >= 15 is 0 Å². The van der Waals surface area contributed by atoms with Crippen LogP contribution in [-0.2, 0) is 0 Å². The second-order valence-electron chi connectivity index (χ2n) is 4.77. The Balaban J connectivity index is 3.09. The van der Waals surface area contributed by atoms with Crippen molar-refractivity contribution in [3.05, 3.63) is 28.1 Å². The van der Waals surface area contributed by atoms with Crippen LogP contribution in [0.4, 0.5) is 15.8 Å². The molecule has 1 aromatic rings. The third-order valence-electron chi connectivity index (χ3n) is 3.05. The SMILES string of the molecule is COc1cc(N[C@H](CCO)C(C)C)c(F)cc1[N+](=O)[O-]. The van der Waals surface area contributed by atoms with Gasteiger partial charge in [0.05, 0.1) is 23.8 Å². The predicted molar refractivity (Wildman–Crippen MR) is 73.6 cm³/mol. The molecule has 0 unspecified atom stereocenters. The second kappa shape index (κ2) is 7.04. The molecule has 0 fully saturated rings. The van der Waals surface area contributed by atoms with Crippen LogP contribution in [-0.4, -0.2) is 29.8 Å². The van der Waals surface area contributed by atoms with E-state index in [1.54, 1.807) is 0 Å². The highest BCUT2D eigenvalue weighted by Crippen LogP contribution is 2.33. The quantitative estimate of drug-likeness (QED) is 0.594. The van der Waals surface area contributed by atoms with Crippen LogP contribution in [0.25, 0.3) is 0 Å². The molecule has 2 N–H and O–H groups in total. The molecule has 0 heterocycles. The van der Waals surface area contributed by atoms with Gasteiger partial charge in [0.2, 0.25) is 0 Å². The first-order valence-electron chi connectivity index (χ1n) is 6.30. The molecule has 1 atom stereocenters. The largest absolute Gasteiger partial charge is 0.490 e. The molecule has 0 aliphatic carbocycles. The number of hydrogen-bond donors (Lipinski definition) is 2. The van der Waals surface area contributed by atoms with Crippen molar-refractivity contribution < 1.29 is 19.2 Å². The Kier molecular flexibility index (Phi) is 5.69. The van der Waals surface area contributed by atoms with Gasteiger partial charge in [-0.15, -0.1) is 0 Å². The second-order valence-corrected chi connectivity index (χ2v) is 4.77. The standard InChI is InChI=1S/C13H19FN2O4/c1-8(2)10(4-5-17)15-11-7-13(20-3)12(16(18)19)6-9(11)14/h6-8,10,15,17H,4-5H2,1-3H3/t10-/m1/s1. The number of nitro benzene ring substituents is 1. The van der Waals surface area contributed by atoms with Crippen LogP contribution in [0.1, 0.15) is 20.3 Å². The molecule has 0 aliphatic heterocycles. The summed E-state index contributed by atoms with van der Waals surface area (Å²) in [5.41, 5.74) is -0.293. The lowest BCUT2D eigenvalue weighted by Crippen LogP contribution is -2.27. The summed E-state index contributed by atoms with van der Waals surface area (Å²) < 4.78 is 18.8. The Bertz CT molecular complexity index is 480. The number of aliphatic hydroxyl groups excluding tert-OH is 1. The zero-order valence-corrected chi connectivity index (χ0v) is 11.7. The van der Waals surface area contributed by atoms with E-state index in [4.69, 9.17) is 9.84 Å². The van der Waals surface area contributed by atoms with Crippen molar-refractivity contribution in [2.45, 2.75) is 26.3 Å². The van der Waals surface area contributed by atoms with E-state index in [1.165, 1.54) is 13.2 Å². The number of rotatable bonds is 7. The molecule has 0 spiro atoms. The molecule has 0 radical (unpaired) electrons. The molecule has 20 heavy (non-hydrogen) atoms. The Labute approximate surface area is 116 Å². The van der Waals surface area contributed by atoms with Crippen LogP contribution < -0.4 is 10.1 Å². The first-order chi connectivity index (χ1) is 9.40. The fourth-order valence-electron chi connectivity index (χ4n) is 1.87. The average Bonchev–Trinajstić information content (AvgIpc) is 2.39. The van der Waals surface area contributed by atoms with E-state index in [1.807, 2.05) is 13.8 Å². The van der Waals surface area contributed by atoms with Crippen LogP contribution in [0, 0.1) is 21.8 Å². The van der Waals surface area contributed by atoms with Crippen molar-refractivity contribution in [1.82, 2.24) is 0 Å². The molecule has 6 nitrogen and oxygen atoms in total. The van der Waals surface area contributed by atoms with Crippen molar-refractivity contribution in [3.63, 3.8) is 0 Å². The summed E-state index contributed by atoms with van der Waals surface area (Å²) in [6, 6.07) is 1.96. The van der Waals surface area contributed by atoms with E-state index in [9.17, 15) is 14.5 Å². The smallest absolute Gasteiger partial charge is 0.313 e. The molecule has 0 aliphatic rings. The van der Waals surface area contributed by atoms with E-state index < -0.39 is 16.4 Å². The minimum absolute atomic E-state index is 0.00888. The highest BCUT2D eigenvalue weighted by Gasteiger charge is 2.21. The predicted octanol–water partition coefficient (Wildman–Crippen LogP) is 2.56. The number of anilines is 1. The minimum atomic E-state index is -0.721. The average molecular weight is 286 g/mol. The molecule has 1 rings (SSSR count). The maximum atomic E-state index is 13.9. The first-order valence-corrected chi connectivity index (χ1v) is 6.30. The molecule has 0 amide bonds. The minimum Gasteiger partial charge on any atom is -0.490 e. The Morgan fingerprint density at radius 3 is 2.60 bits per heavy atom. The van der Waals surface area contributed by atoms with Crippen molar-refractivity contribution >= 4 is 11.4 Å². The summed E-state index contributed by atoms with van der Waals surface area (Å²) >= 11 is 0. The lowest BCUT2D eigenvalue weighted by molar-refractivity contribution is -0.385. The Hall–Kier alpha value is -1.89. The summed E-state index contributed by atoms with van der Waals surface area (Å²) in [7, 11) is 1.29. The zero-order valence-electron chi connectivity index (χ0n) is 11.7. The van der Waals surface area contributed by atoms with Crippen molar-refractivity contribution in [2.24, 2.45) is 5.92 Å². The number of ether oxygens (including phenoxy) is 1. The normalized spacial score (nSPS) is 12.3. The van der Waals surface area contributed by atoms with Gasteiger partial charge in [0.15, 0.2) is 11.6 Å². The molecule has 0 bridgehead atoms. The van der Waals surface area contributed by atoms with Crippen molar-refractivity contribution in [1.29, 1.82) is 0 Å². The van der Waals surface area contributed by atoms with Crippen LogP contribution >= 0.6 is 0 Å². The number of nitro groups is 1. The number of hydrogen-bond acceptors (Lipinski definition) is 5. The van der Waals surface area contributed by atoms with E-state index in [2.05, 4.69) is 5.32 Å². The Morgan fingerprint density at radius 1 is 1.50 bits per heavy atom. The van der Waals surface area contributed by atoms with Gasteiger partial charge in [-0.2, -0.15) is 0 Å². The number of nitrogens with zero attached hydrogens (tertiary/aromatic N) is 1. The van der Waals surface area contributed by atoms with Gasteiger partial charge < -0.3 is 15.2 Å². The lowest BCUT2D eigenvalue weighted by atomic mass is 10.0. The third-order valence-corrected chi connectivity index (χ3v) is 3.05. The molecule has 0 saturated carbocycles. The van der Waals surface area contributed by atoms with Crippen LogP contribution in [0.2, 0.25) is 0 Å². The van der Waals surface area contributed by atoms with Crippen molar-refractivity contribution in [3.8, 4) is 5.75 Å². The van der Waals surface area contributed by atoms with Gasteiger partial charge in [-0.1, -0.05) is 13.8 Å². The summed E-state index contributed by atoms with van der Waals surface area (Å²) in [5, 5.41) is 22.7. The fraction of sp³-hybridized carbons (Fsp3) is 0.538. The molecule has 112 valence electrons. The summed E-state index contributed by atoms with van der Waals surface area (Å²) in [6.07, 6.45) is 0.455. The molecule has 0 aromatic heterocycles. The number of methoxy groups -OCH3 is 1. The van der Waals surface area contributed by atoms with E-state index in [0.717, 1.165) is 6.07 Å². The maximum Gasteiger partial charge on any atom is 0.313 e. The van der Waals surface area contributed by atoms with Gasteiger partial charge >= 0.3 is 5.69 Å². The van der Waals surface area contributed by atoms with Gasteiger partial charge in [0.25, 0.3) is 0 Å². The topological polar surface area (TPSA) is 84.6 Å². The molecule has 7 heteroatoms. The highest BCUT2D eigenvalue weighted by molar-refractivity contribution is 5.59. The maximum absolute atomic E-state index is 13.9. The fourth-order valence-corrected chi connectivity index (χ4v) is 1.87. The third kappa shape index (κ3) is 3.80. The molecule has 0 saturated heterocycles. The van der Waals surface area contributed by atoms with Gasteiger partial charge in [-0.3, -0.25) is 10.1 Å². The molecular formula is C13H19FN2O4. The van der Waals surface area contributed by atoms with Gasteiger partial charge in [0, 0.05) is 18.7 Å². The van der Waals surface area contributed by atoms with Gasteiger partial charge in [-0.05, 0) is 12.3 Å². The van der Waals surface area contributed by atoms with Crippen LogP contribution in [0.15, 0.2) is 12.1 Å². The molecular weight excluding hydrogens is 267 g/mol. The van der Waals surface area contributed by atoms with Crippen molar-refractivity contribution in [2.75, 3.05) is 19.0 Å². The number of aliphatic hydroxyl groups is 1. The number of nitrogens with one attached hydrogen (secondary N) is 1. The van der Waals surface area contributed by atoms with Gasteiger partial charge in [0.1, 0.15) is 0 Å². The number of halogens is 1. The summed E-state index contributed by atoms with van der Waals surface area (Å²) in [6.45, 7) is 3.85. The Morgan fingerprint density at radius 2 is 2.15 bits per heavy atom. The lowest BCUT2D eigenvalue weighted by Gasteiger charge is -2.23. The highest BCUT2D eigenvalue weighted by atomic mass is 19.1. The van der Waals surface area contributed by atoms with E-state index in [0.29, 0.717) is 6.42 Å². The van der Waals surface area contributed by atoms with E-state index in [-0.39, 0.29) is 30.0 Å². The summed E-state index contributed by atoms with van der Waals surface area (Å²) in [5.74, 6) is -0.561. The van der Waals surface area contributed by atoms with Crippen LogP contribution in [0.3, 0.4) is 0 Å². The van der Waals surface area contributed by atoms with Gasteiger partial charge in [-0.25, -0.2) is 4.39 Å². The first kappa shape index (κ1) is 16.2. The summed E-state index contributed by atoms with van der Waals surface area (Å²) in [4.78, 5) is 10.1. The van der Waals surface area contributed by atoms with Crippen LogP contribution in [0.5, 0.6) is 5.75 Å². The number of benzene rings is 1. The monoisotopic (exact) mass is 286 g/mol. The molecule has 1 aromatic carbocycles. The zero-order chi connectivity index (χ0) is 15.3.